The molecule has 0 radical (unpaired) electrons. The summed E-state index contributed by atoms with van der Waals surface area (Å²) in [4.78, 5) is 27.8. The van der Waals surface area contributed by atoms with Crippen molar-refractivity contribution in [3.05, 3.63) is 89.5 Å². The number of carbonyl (C=O) groups excluding carboxylic acids is 1. The van der Waals surface area contributed by atoms with Crippen LogP contribution < -0.4 is 4.31 Å². The van der Waals surface area contributed by atoms with Crippen molar-refractivity contribution in [2.45, 2.75) is 68.6 Å². The first kappa shape index (κ1) is 29.4. The zero-order chi connectivity index (χ0) is 29.3. The Morgan fingerprint density at radius 3 is 2.34 bits per heavy atom. The number of carboxylic acid groups (broad SMARTS) is 1. The smallest absolute Gasteiger partial charge is 0.306 e. The van der Waals surface area contributed by atoms with Gasteiger partial charge in [-0.25, -0.2) is 8.42 Å². The maximum Gasteiger partial charge on any atom is 0.306 e. The summed E-state index contributed by atoms with van der Waals surface area (Å²) in [7, 11) is -3.67. The molecule has 2 aromatic rings. The molecule has 4 atom stereocenters. The van der Waals surface area contributed by atoms with E-state index >= 15 is 0 Å². The molecule has 4 unspecified atom stereocenters. The Morgan fingerprint density at radius 2 is 1.80 bits per heavy atom. The predicted molar refractivity (Wildman–Crippen MR) is 158 cm³/mol. The minimum Gasteiger partial charge on any atom is -0.481 e. The molecule has 1 amide bonds. The minimum atomic E-state index is -3.67. The van der Waals surface area contributed by atoms with Gasteiger partial charge in [0.15, 0.2) is 0 Å². The molecule has 1 heterocycles. The van der Waals surface area contributed by atoms with Crippen LogP contribution in [0.1, 0.15) is 50.6 Å². The van der Waals surface area contributed by atoms with Gasteiger partial charge in [-0.05, 0) is 73.9 Å². The molecule has 1 aliphatic heterocycles. The zero-order valence-corrected chi connectivity index (χ0v) is 24.5. The molecule has 0 spiro atoms. The molecular weight excluding hydrogens is 564 g/mol. The lowest BCUT2D eigenvalue weighted by molar-refractivity contribution is -0.178. The highest BCUT2D eigenvalue weighted by Crippen LogP contribution is 2.46. The summed E-state index contributed by atoms with van der Waals surface area (Å²) in [5, 5.41) is 9.75. The number of sulfonamides is 1. The SMILES string of the molecule is C=CC(=CC)C1OC(CC(=O)O)C(=O)N(C(CN(c2ccccc2)S(=O)(=O)C2CC2)C2CC2)C1c1ccc(Cl)cc1. The number of carbonyl (C=O) groups is 2. The van der Waals surface area contributed by atoms with E-state index in [0.717, 1.165) is 18.4 Å². The summed E-state index contributed by atoms with van der Waals surface area (Å²) in [6.07, 6.45) is 3.92. The molecule has 1 N–H and O–H groups in total. The van der Waals surface area contributed by atoms with E-state index in [2.05, 4.69) is 6.58 Å². The molecule has 3 aliphatic rings. The van der Waals surface area contributed by atoms with Crippen molar-refractivity contribution in [1.29, 1.82) is 0 Å². The van der Waals surface area contributed by atoms with Crippen LogP contribution in [0.4, 0.5) is 5.69 Å². The molecule has 218 valence electrons. The molecule has 1 saturated heterocycles. The van der Waals surface area contributed by atoms with Crippen LogP contribution in [0.3, 0.4) is 0 Å². The third kappa shape index (κ3) is 6.22. The van der Waals surface area contributed by atoms with E-state index in [4.69, 9.17) is 16.3 Å². The fraction of sp³-hybridized carbons (Fsp3) is 0.419. The molecule has 0 bridgehead atoms. The highest BCUT2D eigenvalue weighted by atomic mass is 35.5. The van der Waals surface area contributed by atoms with Gasteiger partial charge in [0.05, 0.1) is 36.0 Å². The second-order valence-corrected chi connectivity index (χ2v) is 13.5. The van der Waals surface area contributed by atoms with E-state index < -0.39 is 57.9 Å². The quantitative estimate of drug-likeness (QED) is 0.330. The first-order valence-electron chi connectivity index (χ1n) is 14.0. The number of morpholine rings is 1. The number of aliphatic carboxylic acids is 1. The number of halogens is 1. The number of ether oxygens (including phenoxy) is 1. The van der Waals surface area contributed by atoms with Gasteiger partial charge in [0.1, 0.15) is 12.2 Å². The summed E-state index contributed by atoms with van der Waals surface area (Å²) in [5.41, 5.74) is 2.01. The fourth-order valence-electron chi connectivity index (χ4n) is 5.69. The van der Waals surface area contributed by atoms with Crippen LogP contribution in [0.5, 0.6) is 0 Å². The summed E-state index contributed by atoms with van der Waals surface area (Å²) in [6.45, 7) is 5.84. The molecule has 2 aliphatic carbocycles. The third-order valence-corrected chi connectivity index (χ3v) is 10.6. The van der Waals surface area contributed by atoms with Crippen LogP contribution in [0, 0.1) is 5.92 Å². The number of rotatable bonds is 12. The van der Waals surface area contributed by atoms with E-state index in [9.17, 15) is 23.1 Å². The summed E-state index contributed by atoms with van der Waals surface area (Å²) >= 11 is 6.22. The molecule has 8 nitrogen and oxygen atoms in total. The Balaban J connectivity index is 1.64. The van der Waals surface area contributed by atoms with Gasteiger partial charge in [0.2, 0.25) is 10.0 Å². The van der Waals surface area contributed by atoms with E-state index in [0.29, 0.717) is 29.1 Å². The van der Waals surface area contributed by atoms with Crippen LogP contribution in [-0.4, -0.2) is 60.3 Å². The molecule has 2 aromatic carbocycles. The number of amides is 1. The summed E-state index contributed by atoms with van der Waals surface area (Å²) in [5.74, 6) is -1.56. The lowest BCUT2D eigenvalue weighted by Gasteiger charge is -2.49. The Kier molecular flexibility index (Phi) is 8.59. The number of hydrogen-bond donors (Lipinski definition) is 1. The number of carboxylic acids is 1. The van der Waals surface area contributed by atoms with E-state index in [1.807, 2.05) is 31.2 Å². The van der Waals surface area contributed by atoms with Crippen molar-refractivity contribution in [3.63, 3.8) is 0 Å². The van der Waals surface area contributed by atoms with Crippen LogP contribution in [0.15, 0.2) is 78.9 Å². The van der Waals surface area contributed by atoms with Crippen LogP contribution >= 0.6 is 11.6 Å². The van der Waals surface area contributed by atoms with Crippen molar-refractivity contribution in [3.8, 4) is 0 Å². The Bertz CT molecular complexity index is 1420. The van der Waals surface area contributed by atoms with E-state index in [-0.39, 0.29) is 12.5 Å². The van der Waals surface area contributed by atoms with Crippen molar-refractivity contribution in [2.24, 2.45) is 5.92 Å². The van der Waals surface area contributed by atoms with Gasteiger partial charge in [-0.15, -0.1) is 0 Å². The maximum absolute atomic E-state index is 14.2. The first-order chi connectivity index (χ1) is 19.6. The lowest BCUT2D eigenvalue weighted by Crippen LogP contribution is -2.61. The van der Waals surface area contributed by atoms with Crippen molar-refractivity contribution < 1.29 is 27.9 Å². The number of allylic oxidation sites excluding steroid dienone is 1. The van der Waals surface area contributed by atoms with Gasteiger partial charge in [-0.2, -0.15) is 0 Å². The van der Waals surface area contributed by atoms with E-state index in [1.165, 1.54) is 4.31 Å². The van der Waals surface area contributed by atoms with Crippen LogP contribution in [0.2, 0.25) is 5.02 Å². The number of anilines is 1. The van der Waals surface area contributed by atoms with Crippen molar-refractivity contribution >= 4 is 39.2 Å². The number of nitrogens with zero attached hydrogens (tertiary/aromatic N) is 2. The van der Waals surface area contributed by atoms with Crippen molar-refractivity contribution in [2.75, 3.05) is 10.8 Å². The van der Waals surface area contributed by atoms with Gasteiger partial charge in [0.25, 0.3) is 5.91 Å². The van der Waals surface area contributed by atoms with E-state index in [1.54, 1.807) is 47.4 Å². The Hall–Kier alpha value is -3.14. The summed E-state index contributed by atoms with van der Waals surface area (Å²) in [6, 6.07) is 15.0. The average molecular weight is 599 g/mol. The number of para-hydroxylation sites is 1. The van der Waals surface area contributed by atoms with Crippen LogP contribution in [0.25, 0.3) is 0 Å². The normalized spacial score (nSPS) is 24.1. The van der Waals surface area contributed by atoms with Crippen LogP contribution in [-0.2, 0) is 24.3 Å². The Labute approximate surface area is 246 Å². The number of benzene rings is 2. The van der Waals surface area contributed by atoms with Gasteiger partial charge in [-0.1, -0.05) is 60.7 Å². The third-order valence-electron chi connectivity index (χ3n) is 8.07. The standard InChI is InChI=1S/C31H35ClN2O6S/c1-3-20(4-2)30-29(22-12-14-23(32)15-13-22)34(31(37)27(40-30)18-28(35)36)26(21-10-11-21)19-33(24-8-6-5-7-9-24)41(38,39)25-16-17-25/h3-9,12-15,21,25-27,29-30H,1,10-11,16-19H2,2H3,(H,35,36). The topological polar surface area (TPSA) is 104 Å². The highest BCUT2D eigenvalue weighted by molar-refractivity contribution is 7.93. The highest BCUT2D eigenvalue weighted by Gasteiger charge is 2.52. The molecular formula is C31H35ClN2O6S. The molecule has 10 heteroatoms. The minimum absolute atomic E-state index is 0.0522. The second-order valence-electron chi connectivity index (χ2n) is 10.9. The summed E-state index contributed by atoms with van der Waals surface area (Å²) < 4.78 is 35.3. The largest absolute Gasteiger partial charge is 0.481 e. The lowest BCUT2D eigenvalue weighted by atomic mass is 9.88. The zero-order valence-electron chi connectivity index (χ0n) is 22.9. The molecule has 0 aromatic heterocycles. The molecule has 3 fully saturated rings. The first-order valence-corrected chi connectivity index (χ1v) is 15.8. The second kappa shape index (κ2) is 12.0. The van der Waals surface area contributed by atoms with Gasteiger partial charge >= 0.3 is 5.97 Å². The predicted octanol–water partition coefficient (Wildman–Crippen LogP) is 5.36. The van der Waals surface area contributed by atoms with Gasteiger partial charge < -0.3 is 14.7 Å². The average Bonchev–Trinajstić information content (AvgIpc) is 3.86. The fourth-order valence-corrected chi connectivity index (χ4v) is 7.68. The molecule has 41 heavy (non-hydrogen) atoms. The Morgan fingerprint density at radius 1 is 1.15 bits per heavy atom. The van der Waals surface area contributed by atoms with Gasteiger partial charge in [-0.3, -0.25) is 13.9 Å². The van der Waals surface area contributed by atoms with Crippen molar-refractivity contribution in [1.82, 2.24) is 4.90 Å². The monoisotopic (exact) mass is 598 g/mol. The van der Waals surface area contributed by atoms with Gasteiger partial charge in [0, 0.05) is 5.02 Å². The molecule has 2 saturated carbocycles. The molecule has 5 rings (SSSR count). The maximum atomic E-state index is 14.2. The number of hydrogen-bond acceptors (Lipinski definition) is 5.